The third-order valence-corrected chi connectivity index (χ3v) is 4.63. The zero-order chi connectivity index (χ0) is 20.2. The maximum atomic E-state index is 14.0. The molecule has 0 aromatic heterocycles. The van der Waals surface area contributed by atoms with Gasteiger partial charge in [0, 0.05) is 16.7 Å². The molecule has 0 unspecified atom stereocenters. The van der Waals surface area contributed by atoms with Gasteiger partial charge >= 0.3 is 5.97 Å². The molecule has 0 aliphatic carbocycles. The molecular weight excluding hydrogens is 375 g/mol. The van der Waals surface area contributed by atoms with Crippen molar-refractivity contribution in [2.24, 2.45) is 0 Å². The number of fused-ring (bicyclic) bond motifs is 1. The molecule has 3 aromatic rings. The van der Waals surface area contributed by atoms with Crippen molar-refractivity contribution in [2.45, 2.75) is 26.1 Å². The molecule has 0 spiro atoms. The Morgan fingerprint density at radius 1 is 1.10 bits per heavy atom. The molecule has 1 heterocycles. The van der Waals surface area contributed by atoms with Gasteiger partial charge in [-0.2, -0.15) is 0 Å². The molecule has 4 rings (SSSR count). The highest BCUT2D eigenvalue weighted by atomic mass is 19.1. The van der Waals surface area contributed by atoms with Gasteiger partial charge in [-0.15, -0.1) is 0 Å². The van der Waals surface area contributed by atoms with E-state index in [0.717, 1.165) is 5.56 Å². The van der Waals surface area contributed by atoms with Crippen molar-refractivity contribution < 1.29 is 28.5 Å². The van der Waals surface area contributed by atoms with E-state index in [9.17, 15) is 9.18 Å². The number of rotatable bonds is 5. The van der Waals surface area contributed by atoms with Crippen LogP contribution in [-0.4, -0.2) is 11.1 Å². The summed E-state index contributed by atoms with van der Waals surface area (Å²) in [5.74, 6) is -0.526. The molecule has 1 atom stereocenters. The van der Waals surface area contributed by atoms with Gasteiger partial charge in [0.15, 0.2) is 0 Å². The summed E-state index contributed by atoms with van der Waals surface area (Å²) in [7, 11) is 0. The van der Waals surface area contributed by atoms with Gasteiger partial charge in [0.25, 0.3) is 0 Å². The molecular formula is C23H19FO5. The van der Waals surface area contributed by atoms with Crippen LogP contribution < -0.4 is 4.74 Å². The van der Waals surface area contributed by atoms with E-state index in [0.29, 0.717) is 28.0 Å². The first kappa shape index (κ1) is 19.1. The molecule has 1 aliphatic rings. The van der Waals surface area contributed by atoms with Gasteiger partial charge in [-0.3, -0.25) is 0 Å². The van der Waals surface area contributed by atoms with Crippen LogP contribution in [0.2, 0.25) is 0 Å². The van der Waals surface area contributed by atoms with Crippen LogP contribution in [0.15, 0.2) is 66.7 Å². The Labute approximate surface area is 167 Å². The lowest BCUT2D eigenvalue weighted by atomic mass is 10.1. The van der Waals surface area contributed by atoms with Crippen molar-refractivity contribution in [3.63, 3.8) is 0 Å². The van der Waals surface area contributed by atoms with Gasteiger partial charge in [0.2, 0.25) is 6.29 Å². The van der Waals surface area contributed by atoms with Gasteiger partial charge in [0.1, 0.15) is 18.2 Å². The third kappa shape index (κ3) is 4.29. The largest absolute Gasteiger partial charge is 0.460 e. The van der Waals surface area contributed by atoms with E-state index in [1.165, 1.54) is 12.1 Å². The van der Waals surface area contributed by atoms with Crippen LogP contribution in [0, 0.1) is 5.82 Å². The SMILES string of the molecule is O=C(OCc1cc(F)cc2c1O[C@@H](c1ccccc1)OC2)c1ccc(CO)cc1. The molecule has 29 heavy (non-hydrogen) atoms. The highest BCUT2D eigenvalue weighted by Gasteiger charge is 2.25. The molecule has 0 bridgehead atoms. The molecule has 1 aliphatic heterocycles. The summed E-state index contributed by atoms with van der Waals surface area (Å²) in [6.45, 7) is -0.0504. The zero-order valence-electron chi connectivity index (χ0n) is 15.5. The second-order valence-corrected chi connectivity index (χ2v) is 6.66. The predicted molar refractivity (Wildman–Crippen MR) is 102 cm³/mol. The summed E-state index contributed by atoms with van der Waals surface area (Å²) in [5.41, 5.74) is 2.88. The van der Waals surface area contributed by atoms with E-state index in [1.54, 1.807) is 24.3 Å². The van der Waals surface area contributed by atoms with Gasteiger partial charge in [-0.25, -0.2) is 9.18 Å². The summed E-state index contributed by atoms with van der Waals surface area (Å²) >= 11 is 0. The first-order valence-corrected chi connectivity index (χ1v) is 9.15. The van der Waals surface area contributed by atoms with Crippen LogP contribution in [0.25, 0.3) is 0 Å². The molecule has 5 nitrogen and oxygen atoms in total. The highest BCUT2D eigenvalue weighted by Crippen LogP contribution is 2.36. The quantitative estimate of drug-likeness (QED) is 0.655. The lowest BCUT2D eigenvalue weighted by molar-refractivity contribution is -0.112. The summed E-state index contributed by atoms with van der Waals surface area (Å²) in [6.07, 6.45) is -0.616. The maximum Gasteiger partial charge on any atom is 0.338 e. The Morgan fingerprint density at radius 3 is 2.59 bits per heavy atom. The number of benzene rings is 3. The molecule has 0 saturated carbocycles. The van der Waals surface area contributed by atoms with Gasteiger partial charge < -0.3 is 19.3 Å². The van der Waals surface area contributed by atoms with E-state index >= 15 is 0 Å². The van der Waals surface area contributed by atoms with Gasteiger partial charge in [-0.1, -0.05) is 42.5 Å². The summed E-state index contributed by atoms with van der Waals surface area (Å²) in [5, 5.41) is 9.09. The third-order valence-electron chi connectivity index (χ3n) is 4.63. The van der Waals surface area contributed by atoms with E-state index < -0.39 is 18.1 Å². The van der Waals surface area contributed by atoms with Crippen LogP contribution in [0.4, 0.5) is 4.39 Å². The number of esters is 1. The number of carbonyl (C=O) groups is 1. The molecule has 3 aromatic carbocycles. The average molecular weight is 394 g/mol. The fraction of sp³-hybridized carbons (Fsp3) is 0.174. The predicted octanol–water partition coefficient (Wildman–Crippen LogP) is 4.28. The minimum atomic E-state index is -0.616. The number of aliphatic hydroxyl groups is 1. The smallest absolute Gasteiger partial charge is 0.338 e. The fourth-order valence-electron chi connectivity index (χ4n) is 3.13. The molecule has 0 fully saturated rings. The van der Waals surface area contributed by atoms with Crippen molar-refractivity contribution in [1.82, 2.24) is 0 Å². The van der Waals surface area contributed by atoms with Crippen molar-refractivity contribution in [1.29, 1.82) is 0 Å². The van der Waals surface area contributed by atoms with Gasteiger partial charge in [0.05, 0.1) is 18.8 Å². The average Bonchev–Trinajstić information content (AvgIpc) is 2.77. The topological polar surface area (TPSA) is 65.0 Å². The highest BCUT2D eigenvalue weighted by molar-refractivity contribution is 5.89. The number of hydrogen-bond acceptors (Lipinski definition) is 5. The van der Waals surface area contributed by atoms with Crippen molar-refractivity contribution in [2.75, 3.05) is 0 Å². The number of ether oxygens (including phenoxy) is 3. The Morgan fingerprint density at radius 2 is 1.86 bits per heavy atom. The standard InChI is InChI=1S/C23H19FO5/c24-20-10-18(13-27-22(26)16-8-6-15(12-25)7-9-16)21-19(11-20)14-28-23(29-21)17-4-2-1-3-5-17/h1-11,23,25H,12-14H2/t23-/m0/s1. The number of hydrogen-bond donors (Lipinski definition) is 1. The maximum absolute atomic E-state index is 14.0. The molecule has 1 N–H and O–H groups in total. The van der Waals surface area contributed by atoms with E-state index in [2.05, 4.69) is 0 Å². The molecule has 0 radical (unpaired) electrons. The normalized spacial score (nSPS) is 15.3. The van der Waals surface area contributed by atoms with E-state index in [-0.39, 0.29) is 19.8 Å². The minimum absolute atomic E-state index is 0.104. The lowest BCUT2D eigenvalue weighted by Crippen LogP contribution is -2.20. The lowest BCUT2D eigenvalue weighted by Gasteiger charge is -2.28. The molecule has 148 valence electrons. The summed E-state index contributed by atoms with van der Waals surface area (Å²) in [6, 6.07) is 18.5. The van der Waals surface area contributed by atoms with Crippen LogP contribution in [0.1, 0.15) is 38.9 Å². The second kappa shape index (κ2) is 8.43. The molecule has 0 amide bonds. The minimum Gasteiger partial charge on any atom is -0.460 e. The number of halogens is 1. The first-order valence-electron chi connectivity index (χ1n) is 9.15. The zero-order valence-corrected chi connectivity index (χ0v) is 15.5. The van der Waals surface area contributed by atoms with Crippen LogP contribution >= 0.6 is 0 Å². The second-order valence-electron chi connectivity index (χ2n) is 6.66. The van der Waals surface area contributed by atoms with Crippen molar-refractivity contribution in [3.05, 3.63) is 100 Å². The van der Waals surface area contributed by atoms with E-state index in [4.69, 9.17) is 19.3 Å². The number of carbonyl (C=O) groups excluding carboxylic acids is 1. The van der Waals surface area contributed by atoms with Crippen molar-refractivity contribution in [3.8, 4) is 5.75 Å². The van der Waals surface area contributed by atoms with E-state index in [1.807, 2.05) is 30.3 Å². The van der Waals surface area contributed by atoms with Gasteiger partial charge in [-0.05, 0) is 29.8 Å². The van der Waals surface area contributed by atoms with Crippen molar-refractivity contribution >= 4 is 5.97 Å². The Bertz CT molecular complexity index is 1000. The monoisotopic (exact) mass is 394 g/mol. The van der Waals surface area contributed by atoms with Crippen LogP contribution in [-0.2, 0) is 29.3 Å². The van der Waals surface area contributed by atoms with Crippen LogP contribution in [0.5, 0.6) is 5.75 Å². The first-order chi connectivity index (χ1) is 14.1. The molecule has 6 heteroatoms. The molecule has 0 saturated heterocycles. The number of aliphatic hydroxyl groups excluding tert-OH is 1. The van der Waals surface area contributed by atoms with Crippen LogP contribution in [0.3, 0.4) is 0 Å². The Kier molecular flexibility index (Phi) is 5.55. The Hall–Kier alpha value is -3.22. The summed E-state index contributed by atoms with van der Waals surface area (Å²) in [4.78, 5) is 12.3. The Balaban J connectivity index is 1.52. The fourth-order valence-corrected chi connectivity index (χ4v) is 3.13. The summed E-state index contributed by atoms with van der Waals surface area (Å²) < 4.78 is 31.1.